The quantitative estimate of drug-likeness (QED) is 0.662. The number of ether oxygens (including phenoxy) is 1. The number of nitrogens with zero attached hydrogens (tertiary/aromatic N) is 2. The summed E-state index contributed by atoms with van der Waals surface area (Å²) < 4.78 is 10.7. The first-order valence-electron chi connectivity index (χ1n) is 8.24. The fourth-order valence-electron chi connectivity index (χ4n) is 2.27. The van der Waals surface area contributed by atoms with Gasteiger partial charge in [0.25, 0.3) is 0 Å². The van der Waals surface area contributed by atoms with Crippen molar-refractivity contribution in [2.45, 2.75) is 13.8 Å². The van der Waals surface area contributed by atoms with Gasteiger partial charge in [-0.2, -0.15) is 0 Å². The minimum atomic E-state index is -0.281. The number of hydrogen-bond acceptors (Lipinski definition) is 5. The van der Waals surface area contributed by atoms with E-state index < -0.39 is 0 Å². The molecule has 3 rings (SSSR count). The summed E-state index contributed by atoms with van der Waals surface area (Å²) >= 11 is 0. The van der Waals surface area contributed by atoms with E-state index in [4.69, 9.17) is 9.15 Å². The van der Waals surface area contributed by atoms with Gasteiger partial charge in [-0.15, -0.1) is 10.2 Å². The highest BCUT2D eigenvalue weighted by Gasteiger charge is 2.05. The lowest BCUT2D eigenvalue weighted by Crippen LogP contribution is -2.32. The van der Waals surface area contributed by atoms with Crippen LogP contribution in [0.25, 0.3) is 11.5 Å². The molecule has 0 aliphatic heterocycles. The molecule has 2 aromatic heterocycles. The van der Waals surface area contributed by atoms with Crippen LogP contribution in [0.3, 0.4) is 0 Å². The summed E-state index contributed by atoms with van der Waals surface area (Å²) in [6, 6.07) is 12.6. The molecule has 0 saturated heterocycles. The number of benzene rings is 1. The van der Waals surface area contributed by atoms with Crippen LogP contribution in [0.15, 0.2) is 53.1 Å². The average Bonchev–Trinajstić information content (AvgIpc) is 3.17. The lowest BCUT2D eigenvalue weighted by atomic mass is 10.1. The minimum absolute atomic E-state index is 0.281. The van der Waals surface area contributed by atoms with E-state index in [9.17, 15) is 4.79 Å². The molecule has 0 bridgehead atoms. The van der Waals surface area contributed by atoms with Gasteiger partial charge in [0.15, 0.2) is 5.76 Å². The van der Waals surface area contributed by atoms with Gasteiger partial charge in [-0.25, -0.2) is 4.79 Å². The van der Waals surface area contributed by atoms with E-state index in [-0.39, 0.29) is 12.6 Å². The van der Waals surface area contributed by atoms with Crippen LogP contribution >= 0.6 is 0 Å². The molecule has 0 aliphatic rings. The van der Waals surface area contributed by atoms with Crippen LogP contribution in [0.4, 0.5) is 10.5 Å². The largest absolute Gasteiger partial charge is 0.475 e. The van der Waals surface area contributed by atoms with Gasteiger partial charge in [-0.05, 0) is 55.3 Å². The molecule has 2 heterocycles. The van der Waals surface area contributed by atoms with Crippen molar-refractivity contribution in [3.63, 3.8) is 0 Å². The van der Waals surface area contributed by atoms with Crippen molar-refractivity contribution in [3.8, 4) is 17.3 Å². The Bertz CT molecular complexity index is 861. The molecule has 3 aromatic rings. The third kappa shape index (κ3) is 4.60. The molecular weight excluding hydrogens is 332 g/mol. The van der Waals surface area contributed by atoms with Gasteiger partial charge >= 0.3 is 6.03 Å². The standard InChI is InChI=1S/C19H20N4O3/c1-13-5-6-15(12-14(13)2)21-19(24)20-9-11-26-18-8-7-16(22-23-18)17-4-3-10-25-17/h3-8,10,12H,9,11H2,1-2H3,(H2,20,21,24). The van der Waals surface area contributed by atoms with Gasteiger partial charge in [-0.3, -0.25) is 0 Å². The third-order valence-electron chi connectivity index (χ3n) is 3.82. The highest BCUT2D eigenvalue weighted by atomic mass is 16.5. The first-order chi connectivity index (χ1) is 12.6. The molecule has 7 nitrogen and oxygen atoms in total. The second-order valence-corrected chi connectivity index (χ2v) is 5.76. The topological polar surface area (TPSA) is 89.3 Å². The fourth-order valence-corrected chi connectivity index (χ4v) is 2.27. The summed E-state index contributed by atoms with van der Waals surface area (Å²) in [5, 5.41) is 13.5. The van der Waals surface area contributed by atoms with Crippen molar-refractivity contribution in [2.24, 2.45) is 0 Å². The monoisotopic (exact) mass is 352 g/mol. The molecular formula is C19H20N4O3. The van der Waals surface area contributed by atoms with Crippen molar-refractivity contribution in [2.75, 3.05) is 18.5 Å². The van der Waals surface area contributed by atoms with Crippen LogP contribution < -0.4 is 15.4 Å². The summed E-state index contributed by atoms with van der Waals surface area (Å²) in [6.45, 7) is 4.67. The predicted molar refractivity (Wildman–Crippen MR) is 98.2 cm³/mol. The number of carbonyl (C=O) groups is 1. The number of furan rings is 1. The Hall–Kier alpha value is -3.35. The van der Waals surface area contributed by atoms with Crippen molar-refractivity contribution < 1.29 is 13.9 Å². The number of urea groups is 1. The molecule has 0 aliphatic carbocycles. The Balaban J connectivity index is 1.40. The van der Waals surface area contributed by atoms with Crippen molar-refractivity contribution in [1.29, 1.82) is 0 Å². The van der Waals surface area contributed by atoms with Gasteiger partial charge in [-0.1, -0.05) is 6.07 Å². The van der Waals surface area contributed by atoms with E-state index >= 15 is 0 Å². The Morgan fingerprint density at radius 3 is 2.69 bits per heavy atom. The van der Waals surface area contributed by atoms with E-state index in [1.165, 1.54) is 5.56 Å². The van der Waals surface area contributed by atoms with Crippen LogP contribution in [0, 0.1) is 13.8 Å². The Morgan fingerprint density at radius 2 is 2.00 bits per heavy atom. The highest BCUT2D eigenvalue weighted by molar-refractivity contribution is 5.89. The summed E-state index contributed by atoms with van der Waals surface area (Å²) in [5.74, 6) is 1.03. The molecule has 1 aromatic carbocycles. The Morgan fingerprint density at radius 1 is 1.12 bits per heavy atom. The molecule has 0 atom stereocenters. The summed E-state index contributed by atoms with van der Waals surface area (Å²) in [5.41, 5.74) is 3.70. The van der Waals surface area contributed by atoms with Crippen molar-refractivity contribution >= 4 is 11.7 Å². The van der Waals surface area contributed by atoms with Gasteiger partial charge in [0.2, 0.25) is 5.88 Å². The summed E-state index contributed by atoms with van der Waals surface area (Å²) in [4.78, 5) is 11.9. The van der Waals surface area contributed by atoms with E-state index in [1.807, 2.05) is 38.1 Å². The molecule has 0 saturated carbocycles. The summed E-state index contributed by atoms with van der Waals surface area (Å²) in [6.07, 6.45) is 1.58. The number of rotatable bonds is 6. The van der Waals surface area contributed by atoms with E-state index in [2.05, 4.69) is 20.8 Å². The number of nitrogens with one attached hydrogen (secondary N) is 2. The second-order valence-electron chi connectivity index (χ2n) is 5.76. The molecule has 0 fully saturated rings. The Labute approximate surface area is 151 Å². The van der Waals surface area contributed by atoms with Gasteiger partial charge < -0.3 is 19.8 Å². The number of aromatic nitrogens is 2. The molecule has 26 heavy (non-hydrogen) atoms. The normalized spacial score (nSPS) is 10.4. The predicted octanol–water partition coefficient (Wildman–Crippen LogP) is 3.55. The third-order valence-corrected chi connectivity index (χ3v) is 3.82. The zero-order valence-corrected chi connectivity index (χ0v) is 14.7. The van der Waals surface area contributed by atoms with E-state index in [1.54, 1.807) is 24.5 Å². The zero-order chi connectivity index (χ0) is 18.4. The smallest absolute Gasteiger partial charge is 0.319 e. The number of anilines is 1. The SMILES string of the molecule is Cc1ccc(NC(=O)NCCOc2ccc(-c3ccco3)nn2)cc1C. The van der Waals surface area contributed by atoms with Crippen molar-refractivity contribution in [3.05, 3.63) is 59.9 Å². The fraction of sp³-hybridized carbons (Fsp3) is 0.211. The van der Waals surface area contributed by atoms with E-state index in [0.717, 1.165) is 11.3 Å². The molecule has 0 spiro atoms. The van der Waals surface area contributed by atoms with E-state index in [0.29, 0.717) is 23.9 Å². The van der Waals surface area contributed by atoms with Crippen LogP contribution in [0.1, 0.15) is 11.1 Å². The van der Waals surface area contributed by atoms with Gasteiger partial charge in [0, 0.05) is 11.8 Å². The molecule has 2 amide bonds. The van der Waals surface area contributed by atoms with Crippen LogP contribution in [-0.4, -0.2) is 29.4 Å². The maximum Gasteiger partial charge on any atom is 0.319 e. The zero-order valence-electron chi connectivity index (χ0n) is 14.7. The first-order valence-corrected chi connectivity index (χ1v) is 8.24. The molecule has 134 valence electrons. The number of amides is 2. The van der Waals surface area contributed by atoms with Crippen LogP contribution in [-0.2, 0) is 0 Å². The van der Waals surface area contributed by atoms with Crippen LogP contribution in [0.5, 0.6) is 5.88 Å². The maximum absolute atomic E-state index is 11.9. The summed E-state index contributed by atoms with van der Waals surface area (Å²) in [7, 11) is 0. The molecule has 2 N–H and O–H groups in total. The lowest BCUT2D eigenvalue weighted by Gasteiger charge is -2.10. The van der Waals surface area contributed by atoms with Crippen molar-refractivity contribution in [1.82, 2.24) is 15.5 Å². The lowest BCUT2D eigenvalue weighted by molar-refractivity contribution is 0.246. The first kappa shape index (κ1) is 17.5. The number of carbonyl (C=O) groups excluding carboxylic acids is 1. The second kappa shape index (κ2) is 8.15. The Kier molecular flexibility index (Phi) is 5.48. The highest BCUT2D eigenvalue weighted by Crippen LogP contribution is 2.17. The van der Waals surface area contributed by atoms with Gasteiger partial charge in [0.1, 0.15) is 12.3 Å². The molecule has 0 radical (unpaired) electrons. The number of hydrogen-bond donors (Lipinski definition) is 2. The minimum Gasteiger partial charge on any atom is -0.475 e. The van der Waals surface area contributed by atoms with Gasteiger partial charge in [0.05, 0.1) is 12.8 Å². The average molecular weight is 352 g/mol. The number of aryl methyl sites for hydroxylation is 2. The van der Waals surface area contributed by atoms with Crippen LogP contribution in [0.2, 0.25) is 0 Å². The maximum atomic E-state index is 11.9. The molecule has 7 heteroatoms. The molecule has 0 unspecified atom stereocenters.